The first kappa shape index (κ1) is 39.7. The van der Waals surface area contributed by atoms with E-state index in [1.54, 1.807) is 6.92 Å². The van der Waals surface area contributed by atoms with E-state index in [9.17, 15) is 52.7 Å². The van der Waals surface area contributed by atoms with Crippen LogP contribution in [0.2, 0.25) is 0 Å². The maximum absolute atomic E-state index is 15.5. The van der Waals surface area contributed by atoms with E-state index in [0.717, 1.165) is 12.4 Å². The van der Waals surface area contributed by atoms with Crippen molar-refractivity contribution >= 4 is 38.0 Å². The van der Waals surface area contributed by atoms with Gasteiger partial charge >= 0.3 is 24.5 Å². The molecule has 0 radical (unpaired) electrons. The standard InChI is InChI=1S/C28H24BrF10N3O6S/c1-3-46-22(43)5-4-6-47-19-12-40-25(41-13-19)42(14-15-7-16(26(31,32)33)9-17(8-15)27(34,35)36)24(48-49(2,44)45)20-10-18(28(37,38)39)11-21(29)23(20)30/h7-13,24H,3-6,14H2,1-2H3. The molecule has 0 N–H and O–H groups in total. The molecule has 0 saturated heterocycles. The summed E-state index contributed by atoms with van der Waals surface area (Å²) in [7, 11) is -4.77. The monoisotopic (exact) mass is 799 g/mol. The Morgan fingerprint density at radius 3 is 1.92 bits per heavy atom. The molecule has 0 spiro atoms. The summed E-state index contributed by atoms with van der Waals surface area (Å²) in [6, 6.07) is 0.801. The average molecular weight is 800 g/mol. The molecule has 0 amide bonds. The number of halogens is 11. The first-order chi connectivity index (χ1) is 22.5. The quantitative estimate of drug-likeness (QED) is 0.0562. The van der Waals surface area contributed by atoms with Gasteiger partial charge in [0.15, 0.2) is 12.0 Å². The van der Waals surface area contributed by atoms with Gasteiger partial charge in [-0.2, -0.15) is 47.9 Å². The minimum Gasteiger partial charge on any atom is -0.490 e. The van der Waals surface area contributed by atoms with Gasteiger partial charge in [0, 0.05) is 18.5 Å². The third-order valence-corrected chi connectivity index (χ3v) is 7.28. The molecule has 1 unspecified atom stereocenters. The molecule has 0 aliphatic rings. The molecule has 1 heterocycles. The summed E-state index contributed by atoms with van der Waals surface area (Å²) in [6.45, 7) is 0.471. The van der Waals surface area contributed by atoms with Crippen molar-refractivity contribution in [1.29, 1.82) is 0 Å². The van der Waals surface area contributed by atoms with E-state index < -0.39 is 91.4 Å². The molecule has 0 bridgehead atoms. The lowest BCUT2D eigenvalue weighted by Gasteiger charge is -2.32. The number of carbonyl (C=O) groups is 1. The van der Waals surface area contributed by atoms with Gasteiger partial charge in [0.05, 0.1) is 53.0 Å². The molecular formula is C28H24BrF10N3O6S. The van der Waals surface area contributed by atoms with E-state index in [1.165, 1.54) is 0 Å². The predicted octanol–water partition coefficient (Wildman–Crippen LogP) is 7.84. The van der Waals surface area contributed by atoms with E-state index in [1.807, 2.05) is 0 Å². The normalized spacial score (nSPS) is 13.2. The second-order valence-corrected chi connectivity index (χ2v) is 12.5. The summed E-state index contributed by atoms with van der Waals surface area (Å²) in [5.41, 5.74) is -7.06. The van der Waals surface area contributed by atoms with Crippen LogP contribution in [-0.4, -0.2) is 43.8 Å². The summed E-state index contributed by atoms with van der Waals surface area (Å²) < 4.78 is 177. The van der Waals surface area contributed by atoms with Crippen molar-refractivity contribution < 1.29 is 70.8 Å². The zero-order valence-corrected chi connectivity index (χ0v) is 27.4. The molecule has 0 aliphatic carbocycles. The summed E-state index contributed by atoms with van der Waals surface area (Å²) in [4.78, 5) is 19.7. The Morgan fingerprint density at radius 2 is 1.43 bits per heavy atom. The zero-order valence-electron chi connectivity index (χ0n) is 25.0. The van der Waals surface area contributed by atoms with Crippen molar-refractivity contribution in [2.45, 2.75) is 51.1 Å². The third-order valence-electron chi connectivity index (χ3n) is 6.17. The van der Waals surface area contributed by atoms with Crippen LogP contribution in [-0.2, 0) is 48.9 Å². The Morgan fingerprint density at radius 1 is 0.898 bits per heavy atom. The Bertz CT molecular complexity index is 1700. The second-order valence-electron chi connectivity index (χ2n) is 10.0. The lowest BCUT2D eigenvalue weighted by molar-refractivity contribution is -0.144. The zero-order chi connectivity index (χ0) is 36.9. The number of benzene rings is 2. The highest BCUT2D eigenvalue weighted by atomic mass is 79.9. The summed E-state index contributed by atoms with van der Waals surface area (Å²) in [5, 5.41) is 0. The fourth-order valence-corrected chi connectivity index (χ4v) is 5.14. The van der Waals surface area contributed by atoms with E-state index >= 15 is 4.39 Å². The minimum absolute atomic E-state index is 0.0277. The van der Waals surface area contributed by atoms with Gasteiger partial charge in [-0.3, -0.25) is 4.79 Å². The van der Waals surface area contributed by atoms with Gasteiger partial charge < -0.3 is 14.4 Å². The fraction of sp³-hybridized carbons (Fsp3) is 0.393. The number of alkyl halides is 9. The van der Waals surface area contributed by atoms with E-state index in [-0.39, 0.29) is 56.1 Å². The summed E-state index contributed by atoms with van der Waals surface area (Å²) in [6.07, 6.45) is -15.9. The molecule has 3 aromatic rings. The van der Waals surface area contributed by atoms with Crippen molar-refractivity contribution in [3.63, 3.8) is 0 Å². The summed E-state index contributed by atoms with van der Waals surface area (Å²) in [5.74, 6) is -2.87. The smallest absolute Gasteiger partial charge is 0.416 e. The Balaban J connectivity index is 2.21. The number of ether oxygens (including phenoxy) is 2. The number of hydrogen-bond donors (Lipinski definition) is 0. The Labute approximate surface area is 280 Å². The third kappa shape index (κ3) is 11.4. The first-order valence-corrected chi connectivity index (χ1v) is 16.2. The highest BCUT2D eigenvalue weighted by Crippen LogP contribution is 2.41. The van der Waals surface area contributed by atoms with Crippen molar-refractivity contribution in [1.82, 2.24) is 9.97 Å². The van der Waals surface area contributed by atoms with Crippen LogP contribution in [0.1, 0.15) is 53.8 Å². The number of carbonyl (C=O) groups excluding carboxylic acids is 1. The molecular weight excluding hydrogens is 776 g/mol. The SMILES string of the molecule is CCOC(=O)CCCOc1cnc(N(Cc2cc(C(F)(F)F)cc(C(F)(F)F)c2)C(OS(C)(=O)=O)c2cc(C(F)(F)F)cc(Br)c2F)nc1. The van der Waals surface area contributed by atoms with Crippen LogP contribution in [0.3, 0.4) is 0 Å². The molecule has 1 atom stereocenters. The second kappa shape index (κ2) is 15.4. The largest absolute Gasteiger partial charge is 0.490 e. The molecule has 3 rings (SSSR count). The molecule has 1 aromatic heterocycles. The highest BCUT2D eigenvalue weighted by Gasteiger charge is 2.39. The predicted molar refractivity (Wildman–Crippen MR) is 154 cm³/mol. The van der Waals surface area contributed by atoms with Crippen LogP contribution in [0.15, 0.2) is 47.2 Å². The topological polar surface area (TPSA) is 108 Å². The van der Waals surface area contributed by atoms with Crippen LogP contribution in [0, 0.1) is 5.82 Å². The van der Waals surface area contributed by atoms with Gasteiger partial charge in [0.2, 0.25) is 5.95 Å². The van der Waals surface area contributed by atoms with E-state index in [4.69, 9.17) is 13.7 Å². The molecule has 0 fully saturated rings. The van der Waals surface area contributed by atoms with Crippen LogP contribution >= 0.6 is 15.9 Å². The van der Waals surface area contributed by atoms with Gasteiger partial charge in [0.25, 0.3) is 10.1 Å². The van der Waals surface area contributed by atoms with Crippen LogP contribution in [0.5, 0.6) is 5.75 Å². The van der Waals surface area contributed by atoms with Crippen molar-refractivity contribution in [2.24, 2.45) is 0 Å². The summed E-state index contributed by atoms with van der Waals surface area (Å²) >= 11 is 2.60. The maximum atomic E-state index is 15.5. The molecule has 9 nitrogen and oxygen atoms in total. The van der Waals surface area contributed by atoms with Gasteiger partial charge in [-0.25, -0.2) is 18.5 Å². The molecule has 270 valence electrons. The van der Waals surface area contributed by atoms with E-state index in [0.29, 0.717) is 17.2 Å². The minimum atomic E-state index is -5.32. The molecule has 0 aliphatic heterocycles. The molecule has 49 heavy (non-hydrogen) atoms. The maximum Gasteiger partial charge on any atom is 0.416 e. The Kier molecular flexibility index (Phi) is 12.5. The van der Waals surface area contributed by atoms with Crippen LogP contribution in [0.25, 0.3) is 0 Å². The van der Waals surface area contributed by atoms with Gasteiger partial charge in [0.1, 0.15) is 5.82 Å². The molecule has 0 saturated carbocycles. The number of rotatable bonds is 13. The number of esters is 1. The number of hydrogen-bond acceptors (Lipinski definition) is 9. The van der Waals surface area contributed by atoms with Crippen LogP contribution < -0.4 is 9.64 Å². The van der Waals surface area contributed by atoms with Crippen molar-refractivity contribution in [3.8, 4) is 5.75 Å². The van der Waals surface area contributed by atoms with Gasteiger partial charge in [-0.1, -0.05) is 0 Å². The van der Waals surface area contributed by atoms with Crippen molar-refractivity contribution in [2.75, 3.05) is 24.4 Å². The van der Waals surface area contributed by atoms with Gasteiger partial charge in [-0.15, -0.1) is 0 Å². The number of anilines is 1. The fourth-order valence-electron chi connectivity index (χ4n) is 4.13. The molecule has 2 aromatic carbocycles. The van der Waals surface area contributed by atoms with Crippen molar-refractivity contribution in [3.05, 3.63) is 80.8 Å². The Hall–Kier alpha value is -3.72. The van der Waals surface area contributed by atoms with Gasteiger partial charge in [-0.05, 0) is 65.2 Å². The average Bonchev–Trinajstić information content (AvgIpc) is 2.97. The lowest BCUT2D eigenvalue weighted by Crippen LogP contribution is -2.34. The lowest BCUT2D eigenvalue weighted by atomic mass is 10.0. The van der Waals surface area contributed by atoms with Crippen LogP contribution in [0.4, 0.5) is 49.9 Å². The van der Waals surface area contributed by atoms with E-state index in [2.05, 4.69) is 25.9 Å². The highest BCUT2D eigenvalue weighted by molar-refractivity contribution is 9.10. The molecule has 21 heteroatoms. The number of nitrogens with zero attached hydrogens (tertiary/aromatic N) is 3. The first-order valence-electron chi connectivity index (χ1n) is 13.6. The number of aromatic nitrogens is 2.